The zero-order chi connectivity index (χ0) is 21.0. The van der Waals surface area contributed by atoms with Crippen molar-refractivity contribution in [2.75, 3.05) is 5.32 Å². The van der Waals surface area contributed by atoms with Crippen LogP contribution in [0.4, 0.5) is 5.69 Å². The van der Waals surface area contributed by atoms with Crippen LogP contribution in [0, 0.1) is 6.92 Å². The topological polar surface area (TPSA) is 85.6 Å². The predicted octanol–water partition coefficient (Wildman–Crippen LogP) is 4.92. The lowest BCUT2D eigenvalue weighted by Gasteiger charge is -2.14. The second-order valence-corrected chi connectivity index (χ2v) is 6.82. The Morgan fingerprint density at radius 1 is 1.03 bits per heavy atom. The number of carbonyl (C=O) groups is 3. The van der Waals surface area contributed by atoms with Crippen LogP contribution in [0.2, 0.25) is 5.02 Å². The Labute approximate surface area is 172 Å². The van der Waals surface area contributed by atoms with E-state index in [2.05, 4.69) is 5.32 Å². The molecule has 1 heterocycles. The molecular formula is C22H18ClNO5. The van der Waals surface area contributed by atoms with Gasteiger partial charge in [0.1, 0.15) is 0 Å². The maximum absolute atomic E-state index is 12.5. The van der Waals surface area contributed by atoms with Gasteiger partial charge in [0.05, 0.1) is 11.8 Å². The number of Topliss-reactive ketones (excluding diaryl/α,β-unsaturated/α-hetero) is 1. The van der Waals surface area contributed by atoms with Crippen LogP contribution >= 0.6 is 11.6 Å². The van der Waals surface area contributed by atoms with Crippen molar-refractivity contribution in [3.8, 4) is 0 Å². The van der Waals surface area contributed by atoms with E-state index in [-0.39, 0.29) is 17.1 Å². The van der Waals surface area contributed by atoms with E-state index >= 15 is 0 Å². The van der Waals surface area contributed by atoms with E-state index in [1.807, 2.05) is 0 Å². The predicted molar refractivity (Wildman–Crippen MR) is 109 cm³/mol. The number of amides is 1. The zero-order valence-electron chi connectivity index (χ0n) is 15.8. The minimum Gasteiger partial charge on any atom is -0.459 e. The third-order valence-corrected chi connectivity index (χ3v) is 4.50. The van der Waals surface area contributed by atoms with Gasteiger partial charge in [-0.1, -0.05) is 17.7 Å². The molecule has 0 spiro atoms. The van der Waals surface area contributed by atoms with Crippen LogP contribution in [0.25, 0.3) is 0 Å². The molecule has 0 saturated carbocycles. The molecule has 0 aliphatic rings. The molecule has 3 aromatic rings. The van der Waals surface area contributed by atoms with Crippen molar-refractivity contribution in [3.63, 3.8) is 0 Å². The summed E-state index contributed by atoms with van der Waals surface area (Å²) in [5, 5.41) is 3.20. The monoisotopic (exact) mass is 411 g/mol. The largest absolute Gasteiger partial charge is 0.459 e. The number of ether oxygens (including phenoxy) is 1. The number of benzene rings is 2. The fourth-order valence-corrected chi connectivity index (χ4v) is 2.73. The summed E-state index contributed by atoms with van der Waals surface area (Å²) in [6, 6.07) is 14.2. The molecule has 7 heteroatoms. The minimum absolute atomic E-state index is 0.152. The Morgan fingerprint density at radius 2 is 1.72 bits per heavy atom. The van der Waals surface area contributed by atoms with E-state index < -0.39 is 18.0 Å². The number of aryl methyl sites for hydroxylation is 1. The lowest BCUT2D eigenvalue weighted by molar-refractivity contribution is 0.0319. The highest BCUT2D eigenvalue weighted by Crippen LogP contribution is 2.20. The summed E-state index contributed by atoms with van der Waals surface area (Å²) in [5.74, 6) is -1.30. The number of hydrogen-bond donors (Lipinski definition) is 1. The van der Waals surface area contributed by atoms with E-state index in [1.54, 1.807) is 49.4 Å². The van der Waals surface area contributed by atoms with E-state index in [4.69, 9.17) is 20.8 Å². The van der Waals surface area contributed by atoms with Crippen LogP contribution in [0.15, 0.2) is 65.3 Å². The van der Waals surface area contributed by atoms with E-state index in [0.717, 1.165) is 5.56 Å². The SMILES string of the molecule is Cc1ccc(C(=O)O[C@H](C)C(=O)c2ccc(Cl)cc2)cc1NC(=O)c1ccco1. The Bertz CT molecular complexity index is 1040. The van der Waals surface area contributed by atoms with Crippen molar-refractivity contribution in [2.24, 2.45) is 0 Å². The molecular weight excluding hydrogens is 394 g/mol. The number of anilines is 1. The van der Waals surface area contributed by atoms with Gasteiger partial charge in [-0.15, -0.1) is 0 Å². The molecule has 3 rings (SSSR count). The molecule has 29 heavy (non-hydrogen) atoms. The highest BCUT2D eigenvalue weighted by atomic mass is 35.5. The smallest absolute Gasteiger partial charge is 0.338 e. The first kappa shape index (κ1) is 20.4. The van der Waals surface area contributed by atoms with E-state index in [0.29, 0.717) is 16.3 Å². The summed E-state index contributed by atoms with van der Waals surface area (Å²) < 4.78 is 10.4. The molecule has 0 saturated heterocycles. The molecule has 6 nitrogen and oxygen atoms in total. The number of esters is 1. The minimum atomic E-state index is -0.980. The summed E-state index contributed by atoms with van der Waals surface area (Å²) in [6.45, 7) is 3.29. The number of hydrogen-bond acceptors (Lipinski definition) is 5. The maximum Gasteiger partial charge on any atom is 0.338 e. The van der Waals surface area contributed by atoms with Gasteiger partial charge < -0.3 is 14.5 Å². The lowest BCUT2D eigenvalue weighted by atomic mass is 10.1. The highest BCUT2D eigenvalue weighted by Gasteiger charge is 2.21. The van der Waals surface area contributed by atoms with Crippen LogP contribution in [0.1, 0.15) is 43.8 Å². The second-order valence-electron chi connectivity index (χ2n) is 6.38. The first-order valence-corrected chi connectivity index (χ1v) is 9.19. The van der Waals surface area contributed by atoms with Crippen LogP contribution in [-0.2, 0) is 4.74 Å². The van der Waals surface area contributed by atoms with E-state index in [1.165, 1.54) is 25.3 Å². The van der Waals surface area contributed by atoms with Crippen LogP contribution in [0.3, 0.4) is 0 Å². The fourth-order valence-electron chi connectivity index (χ4n) is 2.61. The number of furan rings is 1. The Balaban J connectivity index is 1.71. The third-order valence-electron chi connectivity index (χ3n) is 4.25. The van der Waals surface area contributed by atoms with Gasteiger partial charge in [0.2, 0.25) is 5.78 Å². The Kier molecular flexibility index (Phi) is 6.14. The summed E-state index contributed by atoms with van der Waals surface area (Å²) in [4.78, 5) is 37.1. The van der Waals surface area contributed by atoms with E-state index in [9.17, 15) is 14.4 Å². The summed E-state index contributed by atoms with van der Waals surface area (Å²) in [7, 11) is 0. The normalized spacial score (nSPS) is 11.6. The molecule has 1 amide bonds. The second kappa shape index (κ2) is 8.75. The van der Waals surface area contributed by atoms with Gasteiger partial charge in [0.15, 0.2) is 11.9 Å². The molecule has 0 radical (unpaired) electrons. The standard InChI is InChI=1S/C22H18ClNO5/c1-13-5-6-16(12-18(13)24-21(26)19-4-3-11-28-19)22(27)29-14(2)20(25)15-7-9-17(23)10-8-15/h3-12,14H,1-2H3,(H,24,26)/t14-/m1/s1. The first-order valence-electron chi connectivity index (χ1n) is 8.81. The number of halogens is 1. The quantitative estimate of drug-likeness (QED) is 0.459. The van der Waals surface area contributed by atoms with Crippen molar-refractivity contribution in [1.29, 1.82) is 0 Å². The van der Waals surface area contributed by atoms with Crippen molar-refractivity contribution in [1.82, 2.24) is 0 Å². The van der Waals surface area contributed by atoms with Gasteiger partial charge >= 0.3 is 5.97 Å². The van der Waals surface area contributed by atoms with Gasteiger partial charge in [0.25, 0.3) is 5.91 Å². The van der Waals surface area contributed by atoms with Crippen molar-refractivity contribution < 1.29 is 23.5 Å². The molecule has 0 aliphatic heterocycles. The number of nitrogens with one attached hydrogen (secondary N) is 1. The number of carbonyl (C=O) groups excluding carboxylic acids is 3. The molecule has 1 aromatic heterocycles. The average Bonchev–Trinajstić information content (AvgIpc) is 3.24. The summed E-state index contributed by atoms with van der Waals surface area (Å²) in [5.41, 5.74) is 1.80. The molecule has 2 aromatic carbocycles. The zero-order valence-corrected chi connectivity index (χ0v) is 16.5. The van der Waals surface area contributed by atoms with Crippen LogP contribution in [-0.4, -0.2) is 23.8 Å². The number of ketones is 1. The van der Waals surface area contributed by atoms with Crippen molar-refractivity contribution >= 4 is 34.9 Å². The molecule has 0 aliphatic carbocycles. The Hall–Kier alpha value is -3.38. The first-order chi connectivity index (χ1) is 13.8. The van der Waals surface area contributed by atoms with Gasteiger partial charge in [-0.25, -0.2) is 4.79 Å². The van der Waals surface area contributed by atoms with Gasteiger partial charge in [-0.2, -0.15) is 0 Å². The van der Waals surface area contributed by atoms with Gasteiger partial charge in [-0.05, 0) is 67.9 Å². The molecule has 1 N–H and O–H groups in total. The average molecular weight is 412 g/mol. The van der Waals surface area contributed by atoms with Gasteiger partial charge in [0, 0.05) is 16.3 Å². The molecule has 148 valence electrons. The van der Waals surface area contributed by atoms with Crippen molar-refractivity contribution in [3.05, 3.63) is 88.3 Å². The highest BCUT2D eigenvalue weighted by molar-refractivity contribution is 6.30. The fraction of sp³-hybridized carbons (Fsp3) is 0.136. The third kappa shape index (κ3) is 4.92. The molecule has 0 bridgehead atoms. The maximum atomic E-state index is 12.5. The summed E-state index contributed by atoms with van der Waals surface area (Å²) in [6.07, 6.45) is 0.417. The molecule has 0 unspecified atom stereocenters. The Morgan fingerprint density at radius 3 is 2.38 bits per heavy atom. The van der Waals surface area contributed by atoms with Crippen LogP contribution in [0.5, 0.6) is 0 Å². The molecule has 0 fully saturated rings. The lowest BCUT2D eigenvalue weighted by Crippen LogP contribution is -2.24. The van der Waals surface area contributed by atoms with Crippen LogP contribution < -0.4 is 5.32 Å². The van der Waals surface area contributed by atoms with Gasteiger partial charge in [-0.3, -0.25) is 9.59 Å². The molecule has 1 atom stereocenters. The van der Waals surface area contributed by atoms with Crippen molar-refractivity contribution in [2.45, 2.75) is 20.0 Å². The summed E-state index contributed by atoms with van der Waals surface area (Å²) >= 11 is 5.82. The number of rotatable bonds is 6.